The number of rotatable bonds is 4. The summed E-state index contributed by atoms with van der Waals surface area (Å²) in [6, 6.07) is 2.09. The Morgan fingerprint density at radius 2 is 2.06 bits per heavy atom. The third kappa shape index (κ3) is 3.07. The summed E-state index contributed by atoms with van der Waals surface area (Å²) in [6.07, 6.45) is 0. The molecule has 0 N–H and O–H groups in total. The first-order valence-electron chi connectivity index (χ1n) is 4.64. The van der Waals surface area contributed by atoms with Gasteiger partial charge >= 0.3 is 0 Å². The van der Waals surface area contributed by atoms with E-state index in [0.29, 0.717) is 0 Å². The van der Waals surface area contributed by atoms with Crippen molar-refractivity contribution in [2.75, 3.05) is 6.61 Å². The third-order valence-corrected chi connectivity index (χ3v) is 3.52. The van der Waals surface area contributed by atoms with Gasteiger partial charge in [0, 0.05) is 22.3 Å². The number of hydrogen-bond acceptors (Lipinski definition) is 5. The maximum Gasteiger partial charge on any atom is 0.274 e. The molecular formula is C9H10ClNO5S. The lowest BCUT2D eigenvalue weighted by Crippen LogP contribution is -2.02. The van der Waals surface area contributed by atoms with Crippen molar-refractivity contribution < 1.29 is 18.1 Å². The lowest BCUT2D eigenvalue weighted by molar-refractivity contribution is -0.385. The molecule has 1 aromatic rings. The number of non-ortho nitro benzene ring substituents is 1. The summed E-state index contributed by atoms with van der Waals surface area (Å²) in [7, 11) is 1.16. The highest BCUT2D eigenvalue weighted by Crippen LogP contribution is 2.32. The van der Waals surface area contributed by atoms with Gasteiger partial charge in [0.15, 0.2) is 0 Å². The molecule has 0 atom stereocenters. The lowest BCUT2D eigenvalue weighted by atomic mass is 10.2. The summed E-state index contributed by atoms with van der Waals surface area (Å²) >= 11 is 0. The minimum atomic E-state index is -4.04. The van der Waals surface area contributed by atoms with Crippen molar-refractivity contribution in [3.8, 4) is 5.75 Å². The number of nitro groups is 1. The molecule has 0 saturated heterocycles. The SMILES string of the molecule is CCOc1cc([N+](=O)[O-])cc(S(=O)(=O)Cl)c1C. The van der Waals surface area contributed by atoms with E-state index >= 15 is 0 Å². The summed E-state index contributed by atoms with van der Waals surface area (Å²) in [5.41, 5.74) is -0.120. The number of nitrogens with zero attached hydrogens (tertiary/aromatic N) is 1. The molecule has 0 aliphatic rings. The molecular weight excluding hydrogens is 270 g/mol. The van der Waals surface area contributed by atoms with Gasteiger partial charge in [-0.25, -0.2) is 8.42 Å². The minimum Gasteiger partial charge on any atom is -0.493 e. The Morgan fingerprint density at radius 3 is 2.47 bits per heavy atom. The normalized spacial score (nSPS) is 11.2. The lowest BCUT2D eigenvalue weighted by Gasteiger charge is -2.09. The van der Waals surface area contributed by atoms with Gasteiger partial charge in [0.25, 0.3) is 14.7 Å². The van der Waals surface area contributed by atoms with E-state index in [4.69, 9.17) is 15.4 Å². The summed E-state index contributed by atoms with van der Waals surface area (Å²) < 4.78 is 27.7. The molecule has 0 spiro atoms. The van der Waals surface area contributed by atoms with Gasteiger partial charge < -0.3 is 4.74 Å². The molecule has 1 rings (SSSR count). The zero-order valence-electron chi connectivity index (χ0n) is 9.14. The number of benzene rings is 1. The van der Waals surface area contributed by atoms with Gasteiger partial charge in [-0.2, -0.15) is 0 Å². The van der Waals surface area contributed by atoms with E-state index in [-0.39, 0.29) is 28.5 Å². The van der Waals surface area contributed by atoms with E-state index in [2.05, 4.69) is 0 Å². The van der Waals surface area contributed by atoms with E-state index in [9.17, 15) is 18.5 Å². The molecule has 17 heavy (non-hydrogen) atoms. The Balaban J connectivity index is 3.54. The molecule has 0 unspecified atom stereocenters. The third-order valence-electron chi connectivity index (χ3n) is 2.07. The summed E-state index contributed by atoms with van der Waals surface area (Å²) in [4.78, 5) is 9.65. The second-order valence-electron chi connectivity index (χ2n) is 3.20. The maximum atomic E-state index is 11.3. The fourth-order valence-electron chi connectivity index (χ4n) is 1.31. The van der Waals surface area contributed by atoms with Crippen molar-refractivity contribution in [3.05, 3.63) is 27.8 Å². The fraction of sp³-hybridized carbons (Fsp3) is 0.333. The maximum absolute atomic E-state index is 11.3. The van der Waals surface area contributed by atoms with Crippen LogP contribution in [-0.2, 0) is 9.05 Å². The van der Waals surface area contributed by atoms with Crippen LogP contribution in [0.4, 0.5) is 5.69 Å². The standard InChI is InChI=1S/C9H10ClNO5S/c1-3-16-8-4-7(11(12)13)5-9(6(8)2)17(10,14)15/h4-5H,3H2,1-2H3. The van der Waals surface area contributed by atoms with E-state index < -0.39 is 14.0 Å². The average Bonchev–Trinajstić information content (AvgIpc) is 2.19. The van der Waals surface area contributed by atoms with Gasteiger partial charge in [0.2, 0.25) is 0 Å². The molecule has 94 valence electrons. The van der Waals surface area contributed by atoms with Crippen molar-refractivity contribution in [1.29, 1.82) is 0 Å². The molecule has 0 fully saturated rings. The van der Waals surface area contributed by atoms with E-state index in [0.717, 1.165) is 6.07 Å². The Kier molecular flexibility index (Phi) is 3.94. The number of halogens is 1. The Labute approximate surface area is 103 Å². The van der Waals surface area contributed by atoms with Gasteiger partial charge in [-0.1, -0.05) is 0 Å². The van der Waals surface area contributed by atoms with Crippen LogP contribution >= 0.6 is 10.7 Å². The molecule has 0 aliphatic carbocycles. The van der Waals surface area contributed by atoms with Crippen LogP contribution in [-0.4, -0.2) is 19.9 Å². The molecule has 0 radical (unpaired) electrons. The highest BCUT2D eigenvalue weighted by molar-refractivity contribution is 8.13. The van der Waals surface area contributed by atoms with Crippen LogP contribution in [0.3, 0.4) is 0 Å². The minimum absolute atomic E-state index is 0.140. The Bertz CT molecular complexity index is 555. The molecule has 0 aliphatic heterocycles. The smallest absolute Gasteiger partial charge is 0.274 e. The van der Waals surface area contributed by atoms with Crippen LogP contribution < -0.4 is 4.74 Å². The van der Waals surface area contributed by atoms with Gasteiger partial charge in [-0.15, -0.1) is 0 Å². The van der Waals surface area contributed by atoms with Crippen LogP contribution in [0.1, 0.15) is 12.5 Å². The zero-order valence-corrected chi connectivity index (χ0v) is 10.7. The van der Waals surface area contributed by atoms with Crippen LogP contribution in [0, 0.1) is 17.0 Å². The molecule has 0 heterocycles. The molecule has 8 heteroatoms. The van der Waals surface area contributed by atoms with Gasteiger partial charge in [0.05, 0.1) is 22.5 Å². The van der Waals surface area contributed by atoms with Crippen LogP contribution in [0.15, 0.2) is 17.0 Å². The summed E-state index contributed by atoms with van der Waals surface area (Å²) in [5, 5.41) is 10.7. The van der Waals surface area contributed by atoms with Crippen molar-refractivity contribution in [3.63, 3.8) is 0 Å². The molecule has 0 saturated carbocycles. The van der Waals surface area contributed by atoms with Crippen molar-refractivity contribution in [1.82, 2.24) is 0 Å². The van der Waals surface area contributed by atoms with Gasteiger partial charge in [0.1, 0.15) is 5.75 Å². The van der Waals surface area contributed by atoms with Crippen molar-refractivity contribution >= 4 is 25.4 Å². The molecule has 0 amide bonds. The molecule has 6 nitrogen and oxygen atoms in total. The van der Waals surface area contributed by atoms with Gasteiger partial charge in [-0.05, 0) is 13.8 Å². The fourth-order valence-corrected chi connectivity index (χ4v) is 2.52. The van der Waals surface area contributed by atoms with Crippen LogP contribution in [0.2, 0.25) is 0 Å². The number of nitro benzene ring substituents is 1. The molecule has 1 aromatic carbocycles. The predicted molar refractivity (Wildman–Crippen MR) is 62.0 cm³/mol. The topological polar surface area (TPSA) is 86.5 Å². The second-order valence-corrected chi connectivity index (χ2v) is 5.73. The first kappa shape index (κ1) is 13.7. The van der Waals surface area contributed by atoms with Crippen molar-refractivity contribution in [2.45, 2.75) is 18.7 Å². The summed E-state index contributed by atoms with van der Waals surface area (Å²) in [5.74, 6) is 0.140. The second kappa shape index (κ2) is 4.89. The Hall–Kier alpha value is -1.34. The monoisotopic (exact) mass is 279 g/mol. The van der Waals surface area contributed by atoms with E-state index in [1.807, 2.05) is 0 Å². The molecule has 0 aromatic heterocycles. The summed E-state index contributed by atoms with van der Waals surface area (Å²) in [6.45, 7) is 3.43. The predicted octanol–water partition coefficient (Wildman–Crippen LogP) is 2.23. The number of ether oxygens (including phenoxy) is 1. The largest absolute Gasteiger partial charge is 0.493 e. The zero-order chi connectivity index (χ0) is 13.2. The van der Waals surface area contributed by atoms with Crippen LogP contribution in [0.5, 0.6) is 5.75 Å². The highest BCUT2D eigenvalue weighted by atomic mass is 35.7. The Morgan fingerprint density at radius 1 is 1.47 bits per heavy atom. The van der Waals surface area contributed by atoms with Gasteiger partial charge in [-0.3, -0.25) is 10.1 Å². The quantitative estimate of drug-likeness (QED) is 0.479. The van der Waals surface area contributed by atoms with Crippen LogP contribution in [0.25, 0.3) is 0 Å². The molecule has 0 bridgehead atoms. The first-order chi connectivity index (χ1) is 7.77. The average molecular weight is 280 g/mol. The first-order valence-corrected chi connectivity index (χ1v) is 6.94. The number of hydrogen-bond donors (Lipinski definition) is 0. The van der Waals surface area contributed by atoms with E-state index in [1.54, 1.807) is 6.92 Å². The van der Waals surface area contributed by atoms with Crippen molar-refractivity contribution in [2.24, 2.45) is 0 Å². The van der Waals surface area contributed by atoms with E-state index in [1.165, 1.54) is 13.0 Å². The highest BCUT2D eigenvalue weighted by Gasteiger charge is 2.22.